The SMILES string of the molecule is CNC(O)N1CCc2c(c(-c3ccc(C(F)(F)F)c(SCCN4CCC(F)CC4)c3)nn2CC(O)CN2CCCCC2)C1. The number of hydrogen-bond donors (Lipinski definition) is 3. The summed E-state index contributed by atoms with van der Waals surface area (Å²) in [7, 11) is 1.67. The van der Waals surface area contributed by atoms with Crippen molar-refractivity contribution in [2.75, 3.05) is 58.6 Å². The first-order valence-electron chi connectivity index (χ1n) is 15.4. The molecule has 2 fully saturated rings. The Morgan fingerprint density at radius 3 is 2.47 bits per heavy atom. The topological polar surface area (TPSA) is 80.0 Å². The van der Waals surface area contributed by atoms with Gasteiger partial charge in [-0.2, -0.15) is 18.3 Å². The molecule has 2 saturated heterocycles. The lowest BCUT2D eigenvalue weighted by Gasteiger charge is -2.32. The number of halogens is 4. The lowest BCUT2D eigenvalue weighted by Crippen LogP contribution is -2.46. The fourth-order valence-electron chi connectivity index (χ4n) is 6.42. The Balaban J connectivity index is 1.40. The summed E-state index contributed by atoms with van der Waals surface area (Å²) in [5.41, 5.74) is 2.28. The van der Waals surface area contributed by atoms with Crippen LogP contribution in [0.1, 0.15) is 48.9 Å². The minimum atomic E-state index is -4.50. The number of β-amino-alcohol motifs (C(OH)–C–C–N with tert-alkyl or cyclic N) is 1. The smallest absolute Gasteiger partial charge is 0.390 e. The van der Waals surface area contributed by atoms with Gasteiger partial charge in [-0.05, 0) is 58.0 Å². The second-order valence-electron chi connectivity index (χ2n) is 11.9. The van der Waals surface area contributed by atoms with E-state index in [0.717, 1.165) is 55.0 Å². The Kier molecular flexibility index (Phi) is 11.1. The van der Waals surface area contributed by atoms with Crippen LogP contribution in [0.3, 0.4) is 0 Å². The molecule has 5 rings (SSSR count). The number of thioether (sulfide) groups is 1. The molecule has 13 heteroatoms. The maximum atomic E-state index is 14.0. The van der Waals surface area contributed by atoms with Crippen LogP contribution in [0.15, 0.2) is 23.1 Å². The molecular formula is C30H44F4N6O2S. The molecule has 0 aliphatic carbocycles. The number of piperidine rings is 2. The van der Waals surface area contributed by atoms with Crippen LogP contribution in [0, 0.1) is 0 Å². The van der Waals surface area contributed by atoms with E-state index in [4.69, 9.17) is 5.10 Å². The van der Waals surface area contributed by atoms with Crippen molar-refractivity contribution in [2.24, 2.45) is 0 Å². The molecule has 8 nitrogen and oxygen atoms in total. The summed E-state index contributed by atoms with van der Waals surface area (Å²) in [6.45, 7) is 5.58. The first-order valence-corrected chi connectivity index (χ1v) is 16.4. The number of aliphatic hydroxyl groups excluding tert-OH is 2. The molecule has 1 aromatic heterocycles. The Labute approximate surface area is 255 Å². The van der Waals surface area contributed by atoms with Crippen molar-refractivity contribution in [1.82, 2.24) is 29.8 Å². The number of nitrogens with one attached hydrogen (secondary N) is 1. The zero-order valence-corrected chi connectivity index (χ0v) is 25.6. The van der Waals surface area contributed by atoms with E-state index in [9.17, 15) is 27.8 Å². The van der Waals surface area contributed by atoms with Crippen molar-refractivity contribution in [1.29, 1.82) is 0 Å². The molecule has 2 atom stereocenters. The minimum Gasteiger partial charge on any atom is -0.390 e. The van der Waals surface area contributed by atoms with Gasteiger partial charge in [-0.1, -0.05) is 12.5 Å². The molecule has 0 spiro atoms. The van der Waals surface area contributed by atoms with Gasteiger partial charge in [0, 0.05) is 73.2 Å². The van der Waals surface area contributed by atoms with Crippen LogP contribution in [-0.2, 0) is 25.7 Å². The molecule has 3 N–H and O–H groups in total. The number of rotatable bonds is 11. The number of aromatic nitrogens is 2. The molecule has 0 bridgehead atoms. The van der Waals surface area contributed by atoms with Gasteiger partial charge < -0.3 is 20.0 Å². The first kappa shape index (κ1) is 32.6. The van der Waals surface area contributed by atoms with Gasteiger partial charge in [-0.15, -0.1) is 11.8 Å². The number of likely N-dealkylation sites (tertiary alicyclic amines) is 2. The quantitative estimate of drug-likeness (QED) is 0.197. The van der Waals surface area contributed by atoms with Crippen molar-refractivity contribution in [3.8, 4) is 11.3 Å². The van der Waals surface area contributed by atoms with E-state index in [1.807, 2.05) is 9.58 Å². The van der Waals surface area contributed by atoms with Crippen LogP contribution in [-0.4, -0.2) is 112 Å². The normalized spacial score (nSPS) is 21.2. The number of hydrogen-bond acceptors (Lipinski definition) is 8. The van der Waals surface area contributed by atoms with E-state index >= 15 is 0 Å². The van der Waals surface area contributed by atoms with Crippen LogP contribution in [0.5, 0.6) is 0 Å². The molecular weight excluding hydrogens is 584 g/mol. The van der Waals surface area contributed by atoms with Gasteiger partial charge in [0.25, 0.3) is 0 Å². The van der Waals surface area contributed by atoms with Crippen LogP contribution < -0.4 is 5.32 Å². The fraction of sp³-hybridized carbons (Fsp3) is 0.700. The number of benzene rings is 1. The van der Waals surface area contributed by atoms with Gasteiger partial charge >= 0.3 is 6.18 Å². The van der Waals surface area contributed by atoms with Crippen molar-refractivity contribution in [2.45, 2.75) is 81.3 Å². The lowest BCUT2D eigenvalue weighted by molar-refractivity contribution is -0.139. The van der Waals surface area contributed by atoms with Gasteiger partial charge in [0.05, 0.1) is 23.9 Å². The molecule has 0 amide bonds. The van der Waals surface area contributed by atoms with Gasteiger partial charge in [-0.25, -0.2) is 4.39 Å². The summed E-state index contributed by atoms with van der Waals surface area (Å²) in [5.74, 6) is 0.459. The summed E-state index contributed by atoms with van der Waals surface area (Å²) in [4.78, 5) is 6.38. The van der Waals surface area contributed by atoms with Crippen LogP contribution in [0.2, 0.25) is 0 Å². The molecule has 2 unspecified atom stereocenters. The Morgan fingerprint density at radius 2 is 1.77 bits per heavy atom. The summed E-state index contributed by atoms with van der Waals surface area (Å²) in [6.07, 6.45) is -1.80. The van der Waals surface area contributed by atoms with Crippen molar-refractivity contribution in [3.63, 3.8) is 0 Å². The zero-order valence-electron chi connectivity index (χ0n) is 24.8. The Morgan fingerprint density at radius 1 is 1.02 bits per heavy atom. The lowest BCUT2D eigenvalue weighted by atomic mass is 10.00. The van der Waals surface area contributed by atoms with Crippen molar-refractivity contribution >= 4 is 11.8 Å². The van der Waals surface area contributed by atoms with E-state index in [1.165, 1.54) is 12.5 Å². The van der Waals surface area contributed by atoms with E-state index in [1.54, 1.807) is 13.1 Å². The third-order valence-corrected chi connectivity index (χ3v) is 9.85. The maximum Gasteiger partial charge on any atom is 0.417 e. The van der Waals surface area contributed by atoms with Crippen molar-refractivity contribution < 1.29 is 27.8 Å². The fourth-order valence-corrected chi connectivity index (χ4v) is 7.54. The highest BCUT2D eigenvalue weighted by Gasteiger charge is 2.35. The zero-order chi connectivity index (χ0) is 30.6. The first-order chi connectivity index (χ1) is 20.6. The van der Waals surface area contributed by atoms with Gasteiger partial charge in [-0.3, -0.25) is 14.9 Å². The van der Waals surface area contributed by atoms with E-state index < -0.39 is 30.4 Å². The molecule has 1 aromatic carbocycles. The average molecular weight is 629 g/mol. The van der Waals surface area contributed by atoms with Gasteiger partial charge in [0.1, 0.15) is 6.17 Å². The second kappa shape index (κ2) is 14.6. The van der Waals surface area contributed by atoms with Crippen LogP contribution in [0.4, 0.5) is 17.6 Å². The van der Waals surface area contributed by atoms with Crippen LogP contribution >= 0.6 is 11.8 Å². The molecule has 43 heavy (non-hydrogen) atoms. The maximum absolute atomic E-state index is 14.0. The number of alkyl halides is 4. The predicted octanol–water partition coefficient (Wildman–Crippen LogP) is 3.80. The van der Waals surface area contributed by atoms with Gasteiger partial charge in [0.15, 0.2) is 6.35 Å². The molecule has 4 heterocycles. The highest BCUT2D eigenvalue weighted by Crippen LogP contribution is 2.40. The summed E-state index contributed by atoms with van der Waals surface area (Å²) in [6, 6.07) is 4.18. The predicted molar refractivity (Wildman–Crippen MR) is 159 cm³/mol. The number of nitrogens with zero attached hydrogens (tertiary/aromatic N) is 5. The third-order valence-electron chi connectivity index (χ3n) is 8.81. The highest BCUT2D eigenvalue weighted by molar-refractivity contribution is 7.99. The second-order valence-corrected chi connectivity index (χ2v) is 13.1. The van der Waals surface area contributed by atoms with Crippen molar-refractivity contribution in [3.05, 3.63) is 35.0 Å². The largest absolute Gasteiger partial charge is 0.417 e. The van der Waals surface area contributed by atoms with Crippen LogP contribution in [0.25, 0.3) is 11.3 Å². The molecule has 3 aliphatic rings. The third kappa shape index (κ3) is 8.30. The average Bonchev–Trinajstić information content (AvgIpc) is 3.35. The highest BCUT2D eigenvalue weighted by atomic mass is 32.2. The molecule has 0 saturated carbocycles. The van der Waals surface area contributed by atoms with E-state index in [0.29, 0.717) is 82.1 Å². The molecule has 240 valence electrons. The van der Waals surface area contributed by atoms with E-state index in [2.05, 4.69) is 15.1 Å². The number of aliphatic hydroxyl groups is 2. The molecule has 0 radical (unpaired) electrons. The molecule has 3 aliphatic heterocycles. The van der Waals surface area contributed by atoms with Gasteiger partial charge in [0.2, 0.25) is 0 Å². The Bertz CT molecular complexity index is 1200. The number of fused-ring (bicyclic) bond motifs is 1. The summed E-state index contributed by atoms with van der Waals surface area (Å²) >= 11 is 1.16. The monoisotopic (exact) mass is 628 g/mol. The minimum absolute atomic E-state index is 0.140. The molecule has 2 aromatic rings. The van der Waals surface area contributed by atoms with E-state index in [-0.39, 0.29) is 4.90 Å². The Hall–Kier alpha value is -1.74. The summed E-state index contributed by atoms with van der Waals surface area (Å²) in [5, 5.41) is 29.2. The summed E-state index contributed by atoms with van der Waals surface area (Å²) < 4.78 is 57.5. The standard InChI is InChI=1S/C30H44F4N6O2S/c1-35-29(42)39-14-9-26-24(20-39)28(36-40(26)19-23(41)18-38-10-3-2-4-11-38)21-5-6-25(30(32,33)34)27(17-21)43-16-15-37-12-7-22(31)8-13-37/h5-6,17,22-23,29,35,41-42H,2-4,7-16,18-20H2,1H3.